The van der Waals surface area contributed by atoms with Crippen molar-refractivity contribution in [1.29, 1.82) is 0 Å². The Morgan fingerprint density at radius 3 is 2.70 bits per heavy atom. The van der Waals surface area contributed by atoms with Gasteiger partial charge in [-0.2, -0.15) is 0 Å². The van der Waals surface area contributed by atoms with E-state index < -0.39 is 5.97 Å². The third kappa shape index (κ3) is 2.11. The summed E-state index contributed by atoms with van der Waals surface area (Å²) < 4.78 is 1.28. The van der Waals surface area contributed by atoms with E-state index in [-0.39, 0.29) is 23.6 Å². The highest BCUT2D eigenvalue weighted by Gasteiger charge is 2.48. The second-order valence-corrected chi connectivity index (χ2v) is 6.24. The van der Waals surface area contributed by atoms with Crippen molar-refractivity contribution in [3.63, 3.8) is 0 Å². The van der Waals surface area contributed by atoms with E-state index in [2.05, 4.69) is 16.4 Å². The molecule has 0 bridgehead atoms. The lowest BCUT2D eigenvalue weighted by atomic mass is 9.66. The molecule has 2 aromatic rings. The number of benzene rings is 1. The molecule has 1 aromatic carbocycles. The number of carboxylic acid groups (broad SMARTS) is 1. The molecule has 7 heteroatoms. The van der Waals surface area contributed by atoms with Crippen LogP contribution in [0.2, 0.25) is 0 Å². The molecule has 7 nitrogen and oxygen atoms in total. The summed E-state index contributed by atoms with van der Waals surface area (Å²) in [7, 11) is 0. The van der Waals surface area contributed by atoms with Crippen LogP contribution in [0.4, 0.5) is 5.69 Å². The zero-order valence-corrected chi connectivity index (χ0v) is 12.5. The van der Waals surface area contributed by atoms with E-state index in [9.17, 15) is 9.59 Å². The molecule has 1 amide bonds. The number of anilines is 1. The minimum atomic E-state index is -1.15. The molecular formula is C16H16N4O3. The molecule has 1 N–H and O–H groups in total. The summed E-state index contributed by atoms with van der Waals surface area (Å²) in [5, 5.41) is 16.1. The van der Waals surface area contributed by atoms with Crippen molar-refractivity contribution < 1.29 is 14.7 Å². The predicted molar refractivity (Wildman–Crippen MR) is 81.3 cm³/mol. The Bertz CT molecular complexity index is 794. The number of amides is 1. The second-order valence-electron chi connectivity index (χ2n) is 6.24. The summed E-state index contributed by atoms with van der Waals surface area (Å²) in [6, 6.07) is 8.04. The SMILES string of the molecule is O=C(O)c1cn(CC(=O)N2CC3(CCC3)c3ccccc32)nn1. The van der Waals surface area contributed by atoms with Gasteiger partial charge in [-0.05, 0) is 24.5 Å². The van der Waals surface area contributed by atoms with Gasteiger partial charge in [-0.15, -0.1) is 5.10 Å². The summed E-state index contributed by atoms with van der Waals surface area (Å²) in [6.45, 7) is 0.691. The van der Waals surface area contributed by atoms with Crippen molar-refractivity contribution in [2.75, 3.05) is 11.4 Å². The van der Waals surface area contributed by atoms with E-state index in [1.54, 1.807) is 4.90 Å². The van der Waals surface area contributed by atoms with E-state index in [1.807, 2.05) is 18.2 Å². The van der Waals surface area contributed by atoms with E-state index in [0.29, 0.717) is 6.54 Å². The molecule has 1 saturated carbocycles. The third-order valence-electron chi connectivity index (χ3n) is 4.89. The van der Waals surface area contributed by atoms with Gasteiger partial charge in [-0.25, -0.2) is 9.48 Å². The zero-order valence-electron chi connectivity index (χ0n) is 12.5. The molecule has 2 heterocycles. The number of hydrogen-bond donors (Lipinski definition) is 1. The fraction of sp³-hybridized carbons (Fsp3) is 0.375. The zero-order chi connectivity index (χ0) is 16.0. The summed E-state index contributed by atoms with van der Waals surface area (Å²) in [5.41, 5.74) is 2.18. The van der Waals surface area contributed by atoms with Crippen molar-refractivity contribution in [3.05, 3.63) is 41.7 Å². The van der Waals surface area contributed by atoms with E-state index in [4.69, 9.17) is 5.11 Å². The summed E-state index contributed by atoms with van der Waals surface area (Å²) in [5.74, 6) is -1.24. The smallest absolute Gasteiger partial charge is 0.358 e. The van der Waals surface area contributed by atoms with Crippen LogP contribution in [0, 0.1) is 0 Å². The fourth-order valence-electron chi connectivity index (χ4n) is 3.58. The van der Waals surface area contributed by atoms with Gasteiger partial charge in [-0.3, -0.25) is 4.79 Å². The maximum atomic E-state index is 12.7. The van der Waals surface area contributed by atoms with Gasteiger partial charge in [0, 0.05) is 17.6 Å². The van der Waals surface area contributed by atoms with Crippen LogP contribution in [-0.2, 0) is 16.8 Å². The van der Waals surface area contributed by atoms with Crippen molar-refractivity contribution in [2.24, 2.45) is 0 Å². The average molecular weight is 312 g/mol. The normalized spacial score (nSPS) is 17.8. The highest BCUT2D eigenvalue weighted by atomic mass is 16.4. The highest BCUT2D eigenvalue weighted by molar-refractivity contribution is 5.96. The second kappa shape index (κ2) is 4.91. The molecule has 0 unspecified atom stereocenters. The van der Waals surface area contributed by atoms with Crippen LogP contribution >= 0.6 is 0 Å². The standard InChI is InChI=1S/C16H16N4O3/c21-14(9-19-8-12(15(22)23)17-18-19)20-10-16(6-3-7-16)11-4-1-2-5-13(11)20/h1-2,4-5,8H,3,6-7,9-10H2,(H,22,23). The van der Waals surface area contributed by atoms with Gasteiger partial charge in [-0.1, -0.05) is 29.8 Å². The third-order valence-corrected chi connectivity index (χ3v) is 4.89. The van der Waals surface area contributed by atoms with Gasteiger partial charge in [0.25, 0.3) is 0 Å². The van der Waals surface area contributed by atoms with E-state index >= 15 is 0 Å². The molecule has 1 aromatic heterocycles. The first-order chi connectivity index (χ1) is 11.1. The van der Waals surface area contributed by atoms with E-state index in [0.717, 1.165) is 18.5 Å². The topological polar surface area (TPSA) is 88.3 Å². The fourth-order valence-corrected chi connectivity index (χ4v) is 3.58. The van der Waals surface area contributed by atoms with Crippen molar-refractivity contribution in [1.82, 2.24) is 15.0 Å². The number of fused-ring (bicyclic) bond motifs is 2. The lowest BCUT2D eigenvalue weighted by molar-refractivity contribution is -0.119. The Kier molecular flexibility index (Phi) is 2.97. The molecular weight excluding hydrogens is 296 g/mol. The van der Waals surface area contributed by atoms with Crippen LogP contribution in [0.25, 0.3) is 0 Å². The quantitative estimate of drug-likeness (QED) is 0.926. The Morgan fingerprint density at radius 2 is 2.04 bits per heavy atom. The number of carboxylic acids is 1. The van der Waals surface area contributed by atoms with Crippen LogP contribution in [-0.4, -0.2) is 38.5 Å². The first kappa shape index (κ1) is 13.9. The number of nitrogens with zero attached hydrogens (tertiary/aromatic N) is 4. The van der Waals surface area contributed by atoms with Crippen LogP contribution in [0.3, 0.4) is 0 Å². The molecule has 4 rings (SSSR count). The molecule has 23 heavy (non-hydrogen) atoms. The minimum absolute atomic E-state index is 0.00923. The van der Waals surface area contributed by atoms with Gasteiger partial charge in [0.15, 0.2) is 5.69 Å². The summed E-state index contributed by atoms with van der Waals surface area (Å²) >= 11 is 0. The minimum Gasteiger partial charge on any atom is -0.476 e. The van der Waals surface area contributed by atoms with Gasteiger partial charge in [0.1, 0.15) is 6.54 Å². The van der Waals surface area contributed by atoms with Crippen LogP contribution in [0.15, 0.2) is 30.5 Å². The first-order valence-corrected chi connectivity index (χ1v) is 7.62. The number of carbonyl (C=O) groups excluding carboxylic acids is 1. The van der Waals surface area contributed by atoms with Crippen molar-refractivity contribution >= 4 is 17.6 Å². The summed E-state index contributed by atoms with van der Waals surface area (Å²) in [4.78, 5) is 25.3. The molecule has 1 spiro atoms. The number of hydrogen-bond acceptors (Lipinski definition) is 4. The van der Waals surface area contributed by atoms with Crippen molar-refractivity contribution in [3.8, 4) is 0 Å². The Morgan fingerprint density at radius 1 is 1.26 bits per heavy atom. The van der Waals surface area contributed by atoms with Crippen LogP contribution in [0.1, 0.15) is 35.3 Å². The average Bonchev–Trinajstić information content (AvgIpc) is 3.09. The molecule has 0 saturated heterocycles. The number of carbonyl (C=O) groups is 2. The maximum absolute atomic E-state index is 12.7. The predicted octanol–water partition coefficient (Wildman–Crippen LogP) is 1.44. The molecule has 1 aliphatic heterocycles. The van der Waals surface area contributed by atoms with Gasteiger partial charge in [0.05, 0.1) is 6.20 Å². The van der Waals surface area contributed by atoms with Crippen LogP contribution in [0.5, 0.6) is 0 Å². The number of para-hydroxylation sites is 1. The lowest BCUT2D eigenvalue weighted by Gasteiger charge is -2.38. The number of aromatic nitrogens is 3. The molecule has 118 valence electrons. The molecule has 1 fully saturated rings. The number of rotatable bonds is 3. The molecule has 2 aliphatic rings. The van der Waals surface area contributed by atoms with Crippen molar-refractivity contribution in [2.45, 2.75) is 31.2 Å². The molecule has 0 atom stereocenters. The molecule has 1 aliphatic carbocycles. The van der Waals surface area contributed by atoms with Gasteiger partial charge < -0.3 is 10.0 Å². The Labute approximate surface area is 132 Å². The number of aromatic carboxylic acids is 1. The Balaban J connectivity index is 1.58. The molecule has 0 radical (unpaired) electrons. The van der Waals surface area contributed by atoms with E-state index in [1.165, 1.54) is 22.9 Å². The van der Waals surface area contributed by atoms with Crippen LogP contribution < -0.4 is 4.90 Å². The van der Waals surface area contributed by atoms with Gasteiger partial charge >= 0.3 is 5.97 Å². The Hall–Kier alpha value is -2.70. The van der Waals surface area contributed by atoms with Gasteiger partial charge in [0.2, 0.25) is 5.91 Å². The summed E-state index contributed by atoms with van der Waals surface area (Å²) in [6.07, 6.45) is 4.70. The monoisotopic (exact) mass is 312 g/mol. The maximum Gasteiger partial charge on any atom is 0.358 e. The highest BCUT2D eigenvalue weighted by Crippen LogP contribution is 2.52. The first-order valence-electron chi connectivity index (χ1n) is 7.62. The largest absolute Gasteiger partial charge is 0.476 e. The lowest BCUT2D eigenvalue weighted by Crippen LogP contribution is -2.42.